The maximum atomic E-state index is 5.27. The molecule has 0 heterocycles. The lowest BCUT2D eigenvalue weighted by Gasteiger charge is -2.21. The topological polar surface area (TPSA) is 9.23 Å². The zero-order valence-electron chi connectivity index (χ0n) is 14.5. The van der Waals surface area contributed by atoms with Gasteiger partial charge in [0.25, 0.3) is 0 Å². The lowest BCUT2D eigenvalue weighted by atomic mass is 9.88. The van der Waals surface area contributed by atoms with Gasteiger partial charge in [-0.15, -0.1) is 0 Å². The summed E-state index contributed by atoms with van der Waals surface area (Å²) in [5, 5.41) is 1.53. The van der Waals surface area contributed by atoms with E-state index in [-0.39, 0.29) is 0 Å². The van der Waals surface area contributed by atoms with Gasteiger partial charge in [-0.3, -0.25) is 0 Å². The van der Waals surface area contributed by atoms with Crippen molar-refractivity contribution in [3.8, 4) is 5.75 Å². The predicted molar refractivity (Wildman–Crippen MR) is 99.2 cm³/mol. The highest BCUT2D eigenvalue weighted by atomic mass is 28.3. The van der Waals surface area contributed by atoms with Crippen LogP contribution >= 0.6 is 0 Å². The van der Waals surface area contributed by atoms with E-state index in [2.05, 4.69) is 75.1 Å². The normalized spacial score (nSPS) is 13.0. The molecule has 0 spiro atoms. The van der Waals surface area contributed by atoms with Gasteiger partial charge in [0.05, 0.1) is 15.2 Å². The highest BCUT2D eigenvalue weighted by molar-refractivity contribution is 6.88. The zero-order valence-corrected chi connectivity index (χ0v) is 15.5. The van der Waals surface area contributed by atoms with Crippen LogP contribution < -0.4 is 9.92 Å². The Hall–Kier alpha value is -1.54. The second kappa shape index (κ2) is 7.15. The largest absolute Gasteiger partial charge is 0.497 e. The molecule has 0 aliphatic heterocycles. The van der Waals surface area contributed by atoms with E-state index in [1.807, 2.05) is 0 Å². The van der Waals surface area contributed by atoms with E-state index in [4.69, 9.17) is 4.74 Å². The fourth-order valence-electron chi connectivity index (χ4n) is 2.87. The maximum Gasteiger partial charge on any atom is 0.118 e. The first-order valence-corrected chi connectivity index (χ1v) is 11.7. The molecule has 118 valence electrons. The smallest absolute Gasteiger partial charge is 0.118 e. The first-order valence-electron chi connectivity index (χ1n) is 8.20. The lowest BCUT2D eigenvalue weighted by molar-refractivity contribution is 0.414. The Morgan fingerprint density at radius 2 is 1.36 bits per heavy atom. The summed E-state index contributed by atoms with van der Waals surface area (Å²) >= 11 is 0. The number of hydrogen-bond donors (Lipinski definition) is 0. The minimum absolute atomic E-state index is 0.478. The minimum atomic E-state index is -1.22. The van der Waals surface area contributed by atoms with Gasteiger partial charge in [-0.2, -0.15) is 0 Å². The van der Waals surface area contributed by atoms with Crippen molar-refractivity contribution >= 4 is 13.3 Å². The second-order valence-electron chi connectivity index (χ2n) is 6.99. The van der Waals surface area contributed by atoms with Crippen LogP contribution in [0.2, 0.25) is 19.6 Å². The Morgan fingerprint density at radius 3 is 1.77 bits per heavy atom. The van der Waals surface area contributed by atoms with E-state index >= 15 is 0 Å². The van der Waals surface area contributed by atoms with Crippen molar-refractivity contribution in [3.05, 3.63) is 59.7 Å². The molecule has 2 rings (SSSR count). The van der Waals surface area contributed by atoms with E-state index in [1.54, 1.807) is 7.11 Å². The second-order valence-corrected chi connectivity index (χ2v) is 12.1. The minimum Gasteiger partial charge on any atom is -0.497 e. The van der Waals surface area contributed by atoms with Gasteiger partial charge in [-0.25, -0.2) is 0 Å². The number of hydrogen-bond acceptors (Lipinski definition) is 1. The first-order chi connectivity index (χ1) is 10.5. The molecule has 2 aromatic rings. The Balaban J connectivity index is 2.30. The summed E-state index contributed by atoms with van der Waals surface area (Å²) in [5.41, 5.74) is 2.80. The predicted octanol–water partition coefficient (Wildman–Crippen LogP) is 5.17. The van der Waals surface area contributed by atoms with Crippen molar-refractivity contribution in [1.29, 1.82) is 0 Å². The molecule has 0 amide bonds. The molecule has 0 fully saturated rings. The zero-order chi connectivity index (χ0) is 16.2. The van der Waals surface area contributed by atoms with Crippen molar-refractivity contribution in [1.82, 2.24) is 0 Å². The van der Waals surface area contributed by atoms with Crippen molar-refractivity contribution in [3.63, 3.8) is 0 Å². The number of rotatable bonds is 6. The van der Waals surface area contributed by atoms with Crippen molar-refractivity contribution in [2.75, 3.05) is 7.11 Å². The third-order valence-electron chi connectivity index (χ3n) is 4.27. The summed E-state index contributed by atoms with van der Waals surface area (Å²) in [5.74, 6) is 1.40. The van der Waals surface area contributed by atoms with Gasteiger partial charge in [0, 0.05) is 5.92 Å². The van der Waals surface area contributed by atoms with Crippen molar-refractivity contribution < 1.29 is 4.74 Å². The molecule has 0 aromatic heterocycles. The summed E-state index contributed by atoms with van der Waals surface area (Å²) in [7, 11) is 0.498. The molecule has 0 bridgehead atoms. The molecular weight excluding hydrogens is 284 g/mol. The van der Waals surface area contributed by atoms with Gasteiger partial charge in [0.1, 0.15) is 5.75 Å². The summed E-state index contributed by atoms with van der Waals surface area (Å²) in [4.78, 5) is 0. The maximum absolute atomic E-state index is 5.27. The van der Waals surface area contributed by atoms with Gasteiger partial charge >= 0.3 is 0 Å². The van der Waals surface area contributed by atoms with Crippen LogP contribution in [0, 0.1) is 0 Å². The van der Waals surface area contributed by atoms with E-state index < -0.39 is 8.07 Å². The number of ether oxygens (including phenoxy) is 1. The molecule has 0 N–H and O–H groups in total. The van der Waals surface area contributed by atoms with Crippen LogP contribution in [0.1, 0.15) is 36.8 Å². The molecule has 0 saturated carbocycles. The number of benzene rings is 2. The van der Waals surface area contributed by atoms with Gasteiger partial charge in [0.15, 0.2) is 0 Å². The van der Waals surface area contributed by atoms with Crippen LogP contribution in [0.3, 0.4) is 0 Å². The molecule has 0 radical (unpaired) electrons. The Labute approximate surface area is 136 Å². The first kappa shape index (κ1) is 16.8. The summed E-state index contributed by atoms with van der Waals surface area (Å²) in [6.45, 7) is 9.45. The quantitative estimate of drug-likeness (QED) is 0.668. The van der Waals surface area contributed by atoms with Crippen LogP contribution in [0.15, 0.2) is 48.5 Å². The van der Waals surface area contributed by atoms with E-state index in [1.165, 1.54) is 29.2 Å². The van der Waals surface area contributed by atoms with E-state index in [9.17, 15) is 0 Å². The Morgan fingerprint density at radius 1 is 0.864 bits per heavy atom. The number of methoxy groups -OCH3 is 1. The van der Waals surface area contributed by atoms with Gasteiger partial charge in [0.2, 0.25) is 0 Å². The highest BCUT2D eigenvalue weighted by Gasteiger charge is 2.18. The molecule has 22 heavy (non-hydrogen) atoms. The van der Waals surface area contributed by atoms with Gasteiger partial charge < -0.3 is 4.74 Å². The summed E-state index contributed by atoms with van der Waals surface area (Å²) in [6.07, 6.45) is 2.37. The Bertz CT molecular complexity index is 579. The molecule has 0 aliphatic carbocycles. The standard InChI is InChI=1S/C20H28OSi/c1-6-7-20(16-8-12-18(21-2)13-9-16)17-10-14-19(15-11-17)22(3,4)5/h8-15,20H,6-7H2,1-5H3. The van der Waals surface area contributed by atoms with E-state index in [0.717, 1.165) is 5.75 Å². The molecule has 1 atom stereocenters. The van der Waals surface area contributed by atoms with E-state index in [0.29, 0.717) is 5.92 Å². The van der Waals surface area contributed by atoms with Crippen molar-refractivity contribution in [2.24, 2.45) is 0 Å². The Kier molecular flexibility index (Phi) is 5.46. The van der Waals surface area contributed by atoms with Crippen molar-refractivity contribution in [2.45, 2.75) is 45.3 Å². The molecule has 2 aromatic carbocycles. The average molecular weight is 313 g/mol. The average Bonchev–Trinajstić information content (AvgIpc) is 2.52. The molecule has 1 nitrogen and oxygen atoms in total. The monoisotopic (exact) mass is 312 g/mol. The fourth-order valence-corrected chi connectivity index (χ4v) is 4.03. The van der Waals surface area contributed by atoms with Gasteiger partial charge in [-0.05, 0) is 29.7 Å². The molecule has 0 aliphatic rings. The third-order valence-corrected chi connectivity index (χ3v) is 6.34. The van der Waals surface area contributed by atoms with Crippen LogP contribution in [-0.4, -0.2) is 15.2 Å². The van der Waals surface area contributed by atoms with Crippen LogP contribution in [0.5, 0.6) is 5.75 Å². The molecule has 1 unspecified atom stereocenters. The summed E-state index contributed by atoms with van der Waals surface area (Å²) < 4.78 is 5.27. The molecule has 0 saturated heterocycles. The SMILES string of the molecule is CCCC(c1ccc(OC)cc1)c1ccc([Si](C)(C)C)cc1. The van der Waals surface area contributed by atoms with Crippen LogP contribution in [0.25, 0.3) is 0 Å². The molecule has 2 heteroatoms. The fraction of sp³-hybridized carbons (Fsp3) is 0.400. The highest BCUT2D eigenvalue weighted by Crippen LogP contribution is 2.30. The third kappa shape index (κ3) is 4.01. The summed E-state index contributed by atoms with van der Waals surface area (Å²) in [6, 6.07) is 17.9. The van der Waals surface area contributed by atoms with Crippen LogP contribution in [0.4, 0.5) is 0 Å². The van der Waals surface area contributed by atoms with Gasteiger partial charge in [-0.1, -0.05) is 74.6 Å². The lowest BCUT2D eigenvalue weighted by Crippen LogP contribution is -2.37. The molecular formula is C20H28OSi. The van der Waals surface area contributed by atoms with Crippen LogP contribution in [-0.2, 0) is 0 Å².